The summed E-state index contributed by atoms with van der Waals surface area (Å²) in [5, 5.41) is 13.6. The van der Waals surface area contributed by atoms with Crippen molar-refractivity contribution in [2.75, 3.05) is 13.1 Å². The van der Waals surface area contributed by atoms with E-state index < -0.39 is 23.8 Å². The van der Waals surface area contributed by atoms with Crippen molar-refractivity contribution < 1.29 is 24.3 Å². The second-order valence-electron chi connectivity index (χ2n) is 4.26. The normalized spacial score (nSPS) is 14.0. The van der Waals surface area contributed by atoms with Gasteiger partial charge in [-0.15, -0.1) is 0 Å². The number of aromatic carboxylic acids is 1. The van der Waals surface area contributed by atoms with Gasteiger partial charge >= 0.3 is 12.0 Å². The molecule has 0 radical (unpaired) electrons. The molecule has 1 saturated heterocycles. The number of nitrogens with zero attached hydrogens (tertiary/aromatic N) is 2. The van der Waals surface area contributed by atoms with Gasteiger partial charge in [-0.25, -0.2) is 9.59 Å². The van der Waals surface area contributed by atoms with Crippen LogP contribution >= 0.6 is 0 Å². The molecule has 0 atom stereocenters. The van der Waals surface area contributed by atoms with Crippen molar-refractivity contribution in [3.63, 3.8) is 0 Å². The van der Waals surface area contributed by atoms with E-state index in [1.165, 1.54) is 18.3 Å². The van der Waals surface area contributed by atoms with Gasteiger partial charge in [0.1, 0.15) is 6.54 Å². The average Bonchev–Trinajstić information content (AvgIpc) is 2.77. The van der Waals surface area contributed by atoms with E-state index in [4.69, 9.17) is 5.11 Å². The summed E-state index contributed by atoms with van der Waals surface area (Å²) < 4.78 is 0. The number of carbonyl (C=O) groups excluding carboxylic acids is 3. The lowest BCUT2D eigenvalue weighted by molar-refractivity contribution is -0.130. The lowest BCUT2D eigenvalue weighted by atomic mass is 10.2. The predicted molar refractivity (Wildman–Crippen MR) is 68.2 cm³/mol. The van der Waals surface area contributed by atoms with Crippen molar-refractivity contribution in [3.05, 3.63) is 29.6 Å². The van der Waals surface area contributed by atoms with Gasteiger partial charge in [0.2, 0.25) is 5.91 Å². The van der Waals surface area contributed by atoms with Gasteiger partial charge in [0.25, 0.3) is 5.91 Å². The van der Waals surface area contributed by atoms with Crippen molar-refractivity contribution in [2.45, 2.75) is 6.54 Å². The molecule has 1 aromatic heterocycles. The summed E-state index contributed by atoms with van der Waals surface area (Å²) >= 11 is 0. The Morgan fingerprint density at radius 3 is 2.81 bits per heavy atom. The first kappa shape index (κ1) is 14.4. The summed E-state index contributed by atoms with van der Waals surface area (Å²) in [5.74, 6) is -2.10. The summed E-state index contributed by atoms with van der Waals surface area (Å²) in [4.78, 5) is 49.7. The second kappa shape index (κ2) is 5.99. The van der Waals surface area contributed by atoms with E-state index in [1.807, 2.05) is 0 Å². The van der Waals surface area contributed by atoms with Crippen molar-refractivity contribution in [2.24, 2.45) is 0 Å². The second-order valence-corrected chi connectivity index (χ2v) is 4.26. The minimum Gasteiger partial charge on any atom is -0.478 e. The number of imide groups is 1. The molecule has 1 aromatic rings. The summed E-state index contributed by atoms with van der Waals surface area (Å²) in [6, 6.07) is 2.05. The van der Waals surface area contributed by atoms with E-state index in [1.54, 1.807) is 0 Å². The van der Waals surface area contributed by atoms with Gasteiger partial charge in [-0.2, -0.15) is 0 Å². The third-order valence-corrected chi connectivity index (χ3v) is 2.77. The van der Waals surface area contributed by atoms with Gasteiger partial charge in [-0.1, -0.05) is 0 Å². The maximum absolute atomic E-state index is 11.7. The Morgan fingerprint density at radius 1 is 1.43 bits per heavy atom. The van der Waals surface area contributed by atoms with Gasteiger partial charge in [-0.05, 0) is 12.1 Å². The van der Waals surface area contributed by atoms with E-state index in [-0.39, 0.29) is 25.2 Å². The summed E-state index contributed by atoms with van der Waals surface area (Å²) in [6.45, 7) is -0.499. The molecule has 1 fully saturated rings. The Morgan fingerprint density at radius 2 is 2.19 bits per heavy atom. The van der Waals surface area contributed by atoms with E-state index in [0.29, 0.717) is 5.69 Å². The zero-order chi connectivity index (χ0) is 15.4. The number of pyridine rings is 1. The standard InChI is InChI=1S/C12H12N4O5/c17-9(6-16-10(18)5-15-12(16)21)14-4-8-3-7(11(19)20)1-2-13-8/h1-3H,4-6H2,(H,14,17)(H,15,21)(H,19,20). The number of hydrogen-bond acceptors (Lipinski definition) is 5. The van der Waals surface area contributed by atoms with Crippen molar-refractivity contribution >= 4 is 23.8 Å². The van der Waals surface area contributed by atoms with Crippen LogP contribution in [0.4, 0.5) is 4.79 Å². The number of hydrogen-bond donors (Lipinski definition) is 3. The van der Waals surface area contributed by atoms with Crippen LogP contribution in [0.1, 0.15) is 16.1 Å². The Labute approximate surface area is 118 Å². The first-order valence-corrected chi connectivity index (χ1v) is 6.00. The smallest absolute Gasteiger partial charge is 0.335 e. The SMILES string of the molecule is O=C(CN1C(=O)CNC1=O)NCc1cc(C(=O)O)ccn1. The van der Waals surface area contributed by atoms with Gasteiger partial charge in [-0.3, -0.25) is 19.5 Å². The van der Waals surface area contributed by atoms with Crippen LogP contribution in [0.2, 0.25) is 0 Å². The van der Waals surface area contributed by atoms with Crippen molar-refractivity contribution in [1.82, 2.24) is 20.5 Å². The molecular weight excluding hydrogens is 280 g/mol. The van der Waals surface area contributed by atoms with E-state index >= 15 is 0 Å². The molecule has 9 nitrogen and oxygen atoms in total. The van der Waals surface area contributed by atoms with E-state index in [2.05, 4.69) is 15.6 Å². The molecule has 9 heteroatoms. The van der Waals surface area contributed by atoms with Crippen LogP contribution in [0, 0.1) is 0 Å². The molecule has 2 rings (SSSR count). The number of carboxylic acids is 1. The van der Waals surface area contributed by atoms with Gasteiger partial charge in [0.15, 0.2) is 0 Å². The largest absolute Gasteiger partial charge is 0.478 e. The molecule has 0 unspecified atom stereocenters. The molecular formula is C12H12N4O5. The molecule has 0 aliphatic carbocycles. The fourth-order valence-electron chi connectivity index (χ4n) is 1.71. The summed E-state index contributed by atoms with van der Waals surface area (Å²) in [6.07, 6.45) is 1.32. The molecule has 1 aliphatic rings. The first-order chi connectivity index (χ1) is 9.97. The monoisotopic (exact) mass is 292 g/mol. The molecule has 3 N–H and O–H groups in total. The zero-order valence-corrected chi connectivity index (χ0v) is 10.8. The minimum atomic E-state index is -1.09. The number of amides is 4. The van der Waals surface area contributed by atoms with Crippen molar-refractivity contribution in [1.29, 1.82) is 0 Å². The molecule has 2 heterocycles. The summed E-state index contributed by atoms with van der Waals surface area (Å²) in [7, 11) is 0. The number of carboxylic acid groups (broad SMARTS) is 1. The maximum Gasteiger partial charge on any atom is 0.335 e. The average molecular weight is 292 g/mol. The molecule has 0 saturated carbocycles. The number of urea groups is 1. The van der Waals surface area contributed by atoms with E-state index in [0.717, 1.165) is 4.90 Å². The Kier molecular flexibility index (Phi) is 4.12. The fraction of sp³-hybridized carbons (Fsp3) is 0.250. The quantitative estimate of drug-likeness (QED) is 0.594. The molecule has 1 aliphatic heterocycles. The highest BCUT2D eigenvalue weighted by Crippen LogP contribution is 2.02. The maximum atomic E-state index is 11.7. The Balaban J connectivity index is 1.89. The van der Waals surface area contributed by atoms with Crippen molar-refractivity contribution in [3.8, 4) is 0 Å². The zero-order valence-electron chi connectivity index (χ0n) is 10.8. The molecule has 0 bridgehead atoms. The van der Waals surface area contributed by atoms with Crippen LogP contribution in [0.15, 0.2) is 18.3 Å². The molecule has 0 aromatic carbocycles. The number of rotatable bonds is 5. The highest BCUT2D eigenvalue weighted by Gasteiger charge is 2.29. The third-order valence-electron chi connectivity index (χ3n) is 2.77. The topological polar surface area (TPSA) is 129 Å². The Bertz CT molecular complexity index is 599. The van der Waals surface area contributed by atoms with Gasteiger partial charge < -0.3 is 15.7 Å². The third kappa shape index (κ3) is 3.53. The molecule has 0 spiro atoms. The first-order valence-electron chi connectivity index (χ1n) is 6.00. The molecule has 4 amide bonds. The summed E-state index contributed by atoms with van der Waals surface area (Å²) in [5.41, 5.74) is 0.420. The van der Waals surface area contributed by atoms with E-state index in [9.17, 15) is 19.2 Å². The van der Waals surface area contributed by atoms with Crippen LogP contribution in [0.3, 0.4) is 0 Å². The van der Waals surface area contributed by atoms with Crippen LogP contribution in [-0.2, 0) is 16.1 Å². The molecule has 21 heavy (non-hydrogen) atoms. The van der Waals surface area contributed by atoms with Crippen LogP contribution in [-0.4, -0.2) is 51.9 Å². The lowest BCUT2D eigenvalue weighted by Gasteiger charge is -2.12. The van der Waals surface area contributed by atoms with Gasteiger partial charge in [0.05, 0.1) is 24.3 Å². The Hall–Kier alpha value is -2.97. The highest BCUT2D eigenvalue weighted by atomic mass is 16.4. The number of nitrogens with one attached hydrogen (secondary N) is 2. The lowest BCUT2D eigenvalue weighted by Crippen LogP contribution is -2.40. The van der Waals surface area contributed by atoms with Crippen LogP contribution < -0.4 is 10.6 Å². The number of carbonyl (C=O) groups is 4. The van der Waals surface area contributed by atoms with Gasteiger partial charge in [0, 0.05) is 6.20 Å². The van der Waals surface area contributed by atoms with Crippen LogP contribution in [0.25, 0.3) is 0 Å². The number of aromatic nitrogens is 1. The minimum absolute atomic E-state index is 0.00357. The predicted octanol–water partition coefficient (Wildman–Crippen LogP) is -1.05. The fourth-order valence-corrected chi connectivity index (χ4v) is 1.71. The highest BCUT2D eigenvalue weighted by molar-refractivity contribution is 6.04. The molecule has 110 valence electrons. The van der Waals surface area contributed by atoms with Crippen LogP contribution in [0.5, 0.6) is 0 Å².